The van der Waals surface area contributed by atoms with Crippen LogP contribution in [0.4, 0.5) is 0 Å². The molecule has 0 saturated carbocycles. The van der Waals surface area contributed by atoms with E-state index >= 15 is 0 Å². The first kappa shape index (κ1) is 13.7. The largest absolute Gasteiger partial charge is 0.324 e. The number of aryl methyl sites for hydroxylation is 1. The number of halogens is 1. The molecule has 1 heterocycles. The summed E-state index contributed by atoms with van der Waals surface area (Å²) in [6.45, 7) is 0. The minimum atomic E-state index is 0. The van der Waals surface area contributed by atoms with Gasteiger partial charge in [-0.1, -0.05) is 36.4 Å². The highest BCUT2D eigenvalue weighted by molar-refractivity contribution is 5.85. The normalized spacial score (nSPS) is 11.6. The van der Waals surface area contributed by atoms with Gasteiger partial charge in [0.1, 0.15) is 0 Å². The van der Waals surface area contributed by atoms with Gasteiger partial charge in [0, 0.05) is 18.4 Å². The van der Waals surface area contributed by atoms with E-state index in [9.17, 15) is 0 Å². The van der Waals surface area contributed by atoms with Crippen molar-refractivity contribution in [2.75, 3.05) is 0 Å². The lowest BCUT2D eigenvalue weighted by Crippen LogP contribution is -2.11. The number of rotatable bonds is 4. The van der Waals surface area contributed by atoms with Crippen LogP contribution in [0.5, 0.6) is 0 Å². The number of nitrogens with zero attached hydrogens (tertiary/aromatic N) is 1. The standard InChI is InChI=1S/C14H16N2.ClH/c15-14(13-7-4-10-16-11-13)9-8-12-5-2-1-3-6-12;/h1-7,10-11,14H,8-9,15H2;1H. The van der Waals surface area contributed by atoms with Crippen molar-refractivity contribution in [3.05, 3.63) is 66.0 Å². The molecule has 90 valence electrons. The van der Waals surface area contributed by atoms with Crippen LogP contribution in [0.25, 0.3) is 0 Å². The molecular weight excluding hydrogens is 232 g/mol. The van der Waals surface area contributed by atoms with E-state index in [4.69, 9.17) is 5.73 Å². The maximum absolute atomic E-state index is 6.10. The Bertz CT molecular complexity index is 417. The number of nitrogens with two attached hydrogens (primary N) is 1. The third-order valence-corrected chi connectivity index (χ3v) is 2.70. The highest BCUT2D eigenvalue weighted by atomic mass is 35.5. The lowest BCUT2D eigenvalue weighted by atomic mass is 10.0. The molecule has 0 bridgehead atoms. The fourth-order valence-electron chi connectivity index (χ4n) is 1.73. The Morgan fingerprint density at radius 2 is 1.82 bits per heavy atom. The number of hydrogen-bond donors (Lipinski definition) is 1. The fourth-order valence-corrected chi connectivity index (χ4v) is 1.73. The van der Waals surface area contributed by atoms with Gasteiger partial charge < -0.3 is 5.73 Å². The molecule has 17 heavy (non-hydrogen) atoms. The molecule has 1 unspecified atom stereocenters. The maximum Gasteiger partial charge on any atom is 0.0315 e. The first-order chi connectivity index (χ1) is 7.86. The van der Waals surface area contributed by atoms with Gasteiger partial charge in [-0.05, 0) is 30.0 Å². The van der Waals surface area contributed by atoms with E-state index in [0.717, 1.165) is 18.4 Å². The Kier molecular flexibility index (Phi) is 5.67. The molecule has 2 nitrogen and oxygen atoms in total. The SMILES string of the molecule is Cl.NC(CCc1ccccc1)c1cccnc1. The lowest BCUT2D eigenvalue weighted by molar-refractivity contribution is 0.649. The molecular formula is C14H17ClN2. The van der Waals surface area contributed by atoms with Crippen molar-refractivity contribution in [1.82, 2.24) is 4.98 Å². The van der Waals surface area contributed by atoms with E-state index in [0.29, 0.717) is 0 Å². The molecule has 2 N–H and O–H groups in total. The average molecular weight is 249 g/mol. The van der Waals surface area contributed by atoms with Crippen LogP contribution in [-0.4, -0.2) is 4.98 Å². The van der Waals surface area contributed by atoms with Crippen LogP contribution < -0.4 is 5.73 Å². The number of benzene rings is 1. The monoisotopic (exact) mass is 248 g/mol. The topological polar surface area (TPSA) is 38.9 Å². The van der Waals surface area contributed by atoms with Crippen molar-refractivity contribution in [3.63, 3.8) is 0 Å². The zero-order valence-corrected chi connectivity index (χ0v) is 10.4. The average Bonchev–Trinajstić information content (AvgIpc) is 2.38. The summed E-state index contributed by atoms with van der Waals surface area (Å²) in [7, 11) is 0. The Labute approximate surface area is 108 Å². The Hall–Kier alpha value is -1.38. The highest BCUT2D eigenvalue weighted by Crippen LogP contribution is 2.15. The highest BCUT2D eigenvalue weighted by Gasteiger charge is 2.05. The summed E-state index contributed by atoms with van der Waals surface area (Å²) < 4.78 is 0. The van der Waals surface area contributed by atoms with Crippen molar-refractivity contribution >= 4 is 12.4 Å². The number of pyridine rings is 1. The summed E-state index contributed by atoms with van der Waals surface area (Å²) in [4.78, 5) is 4.08. The van der Waals surface area contributed by atoms with E-state index in [1.807, 2.05) is 24.4 Å². The van der Waals surface area contributed by atoms with Crippen LogP contribution in [0.1, 0.15) is 23.6 Å². The summed E-state index contributed by atoms with van der Waals surface area (Å²) in [5, 5.41) is 0. The second kappa shape index (κ2) is 7.05. The molecule has 0 radical (unpaired) electrons. The maximum atomic E-state index is 6.10. The quantitative estimate of drug-likeness (QED) is 0.903. The Balaban J connectivity index is 0.00000144. The Morgan fingerprint density at radius 3 is 2.47 bits per heavy atom. The van der Waals surface area contributed by atoms with E-state index in [1.165, 1.54) is 5.56 Å². The van der Waals surface area contributed by atoms with E-state index in [1.54, 1.807) is 6.20 Å². The van der Waals surface area contributed by atoms with Crippen molar-refractivity contribution in [2.24, 2.45) is 5.73 Å². The smallest absolute Gasteiger partial charge is 0.0315 e. The molecule has 3 heteroatoms. The fraction of sp³-hybridized carbons (Fsp3) is 0.214. The lowest BCUT2D eigenvalue weighted by Gasteiger charge is -2.11. The van der Waals surface area contributed by atoms with Crippen molar-refractivity contribution in [1.29, 1.82) is 0 Å². The third kappa shape index (κ3) is 4.17. The minimum Gasteiger partial charge on any atom is -0.324 e. The van der Waals surface area contributed by atoms with Gasteiger partial charge in [-0.2, -0.15) is 0 Å². The summed E-state index contributed by atoms with van der Waals surface area (Å²) in [6.07, 6.45) is 5.58. The molecule has 0 aliphatic heterocycles. The van der Waals surface area contributed by atoms with Crippen LogP contribution in [0, 0.1) is 0 Å². The molecule has 0 aliphatic rings. The van der Waals surface area contributed by atoms with E-state index in [-0.39, 0.29) is 18.4 Å². The van der Waals surface area contributed by atoms with Crippen LogP contribution in [-0.2, 0) is 6.42 Å². The van der Waals surface area contributed by atoms with Gasteiger partial charge in [0.25, 0.3) is 0 Å². The second-order valence-corrected chi connectivity index (χ2v) is 3.92. The summed E-state index contributed by atoms with van der Waals surface area (Å²) >= 11 is 0. The Morgan fingerprint density at radius 1 is 1.06 bits per heavy atom. The van der Waals surface area contributed by atoms with Crippen LogP contribution in [0.2, 0.25) is 0 Å². The second-order valence-electron chi connectivity index (χ2n) is 3.92. The predicted molar refractivity (Wildman–Crippen MR) is 73.2 cm³/mol. The molecule has 1 atom stereocenters. The first-order valence-electron chi connectivity index (χ1n) is 5.55. The summed E-state index contributed by atoms with van der Waals surface area (Å²) in [5.41, 5.74) is 8.55. The van der Waals surface area contributed by atoms with Crippen LogP contribution in [0.15, 0.2) is 54.9 Å². The molecule has 0 saturated heterocycles. The molecule has 1 aromatic carbocycles. The van der Waals surface area contributed by atoms with E-state index < -0.39 is 0 Å². The zero-order valence-electron chi connectivity index (χ0n) is 9.62. The minimum absolute atomic E-state index is 0. The molecule has 2 aromatic rings. The number of aromatic nitrogens is 1. The van der Waals surface area contributed by atoms with Crippen molar-refractivity contribution in [3.8, 4) is 0 Å². The van der Waals surface area contributed by atoms with Crippen molar-refractivity contribution < 1.29 is 0 Å². The zero-order chi connectivity index (χ0) is 11.2. The van der Waals surface area contributed by atoms with Gasteiger partial charge in [-0.25, -0.2) is 0 Å². The van der Waals surface area contributed by atoms with Crippen LogP contribution >= 0.6 is 12.4 Å². The van der Waals surface area contributed by atoms with Gasteiger partial charge in [0.2, 0.25) is 0 Å². The van der Waals surface area contributed by atoms with Crippen LogP contribution in [0.3, 0.4) is 0 Å². The molecule has 0 spiro atoms. The number of hydrogen-bond acceptors (Lipinski definition) is 2. The van der Waals surface area contributed by atoms with E-state index in [2.05, 4.69) is 29.2 Å². The van der Waals surface area contributed by atoms with Crippen molar-refractivity contribution in [2.45, 2.75) is 18.9 Å². The summed E-state index contributed by atoms with van der Waals surface area (Å²) in [6, 6.07) is 14.5. The summed E-state index contributed by atoms with van der Waals surface area (Å²) in [5.74, 6) is 0. The van der Waals surface area contributed by atoms with Gasteiger partial charge in [-0.15, -0.1) is 12.4 Å². The molecule has 0 aliphatic carbocycles. The molecule has 1 aromatic heterocycles. The molecule has 0 fully saturated rings. The van der Waals surface area contributed by atoms with Gasteiger partial charge in [-0.3, -0.25) is 4.98 Å². The molecule has 0 amide bonds. The molecule has 2 rings (SSSR count). The first-order valence-corrected chi connectivity index (χ1v) is 5.55. The van der Waals surface area contributed by atoms with Gasteiger partial charge in [0.15, 0.2) is 0 Å². The predicted octanol–water partition coefficient (Wildman–Crippen LogP) is 3.14. The third-order valence-electron chi connectivity index (χ3n) is 2.70. The van der Waals surface area contributed by atoms with Gasteiger partial charge in [0.05, 0.1) is 0 Å². The van der Waals surface area contributed by atoms with Gasteiger partial charge >= 0.3 is 0 Å².